The molecule has 0 saturated heterocycles. The van der Waals surface area contributed by atoms with E-state index >= 15 is 0 Å². The molecule has 0 aliphatic heterocycles. The van der Waals surface area contributed by atoms with Crippen LogP contribution in [0.25, 0.3) is 0 Å². The van der Waals surface area contributed by atoms with Gasteiger partial charge in [0.25, 0.3) is 5.69 Å². The summed E-state index contributed by atoms with van der Waals surface area (Å²) in [5.74, 6) is 1.24. The van der Waals surface area contributed by atoms with E-state index in [1.807, 2.05) is 13.0 Å². The van der Waals surface area contributed by atoms with E-state index < -0.39 is 4.92 Å². The Morgan fingerprint density at radius 1 is 1.33 bits per heavy atom. The summed E-state index contributed by atoms with van der Waals surface area (Å²) in [6.45, 7) is 2.43. The van der Waals surface area contributed by atoms with Crippen LogP contribution in [0.1, 0.15) is 12.5 Å². The van der Waals surface area contributed by atoms with E-state index in [2.05, 4.69) is 26.5 Å². The zero-order valence-electron chi connectivity index (χ0n) is 13.2. The summed E-state index contributed by atoms with van der Waals surface area (Å²) in [4.78, 5) is 10.2. The lowest BCUT2D eigenvalue weighted by molar-refractivity contribution is -0.384. The molecule has 0 aromatic heterocycles. The van der Waals surface area contributed by atoms with Gasteiger partial charge >= 0.3 is 0 Å². The largest absolute Gasteiger partial charge is 0.493 e. The molecule has 2 aromatic rings. The topological polar surface area (TPSA) is 86.0 Å². The van der Waals surface area contributed by atoms with Gasteiger partial charge in [-0.3, -0.25) is 15.5 Å². The Morgan fingerprint density at radius 2 is 2.04 bits per heavy atom. The van der Waals surface area contributed by atoms with Crippen molar-refractivity contribution in [3.63, 3.8) is 0 Å². The summed E-state index contributed by atoms with van der Waals surface area (Å²) in [7, 11) is 1.57. The van der Waals surface area contributed by atoms with E-state index in [-0.39, 0.29) is 5.69 Å². The summed E-state index contributed by atoms with van der Waals surface area (Å²) >= 11 is 3.45. The lowest BCUT2D eigenvalue weighted by Gasteiger charge is -2.12. The molecule has 0 atom stereocenters. The molecule has 0 aliphatic carbocycles. The summed E-state index contributed by atoms with van der Waals surface area (Å²) in [5, 5.41) is 14.7. The van der Waals surface area contributed by atoms with Gasteiger partial charge < -0.3 is 9.47 Å². The molecule has 8 heteroatoms. The quantitative estimate of drug-likeness (QED) is 0.432. The number of nitro benzene ring substituents is 1. The Morgan fingerprint density at radius 3 is 2.62 bits per heavy atom. The number of ether oxygens (including phenoxy) is 2. The molecule has 0 spiro atoms. The number of rotatable bonds is 7. The minimum Gasteiger partial charge on any atom is -0.493 e. The normalized spacial score (nSPS) is 10.6. The number of benzene rings is 2. The number of hydrogen-bond acceptors (Lipinski definition) is 6. The third kappa shape index (κ3) is 4.45. The Labute approximate surface area is 147 Å². The second kappa shape index (κ2) is 8.30. The average molecular weight is 394 g/mol. The molecule has 0 unspecified atom stereocenters. The van der Waals surface area contributed by atoms with Crippen LogP contribution in [0.2, 0.25) is 0 Å². The van der Waals surface area contributed by atoms with Crippen LogP contribution in [0, 0.1) is 10.1 Å². The van der Waals surface area contributed by atoms with E-state index in [9.17, 15) is 10.1 Å². The van der Waals surface area contributed by atoms with Crippen molar-refractivity contribution in [3.8, 4) is 11.5 Å². The van der Waals surface area contributed by atoms with Gasteiger partial charge in [0, 0.05) is 12.1 Å². The number of nitro groups is 1. The van der Waals surface area contributed by atoms with E-state index in [0.29, 0.717) is 23.8 Å². The van der Waals surface area contributed by atoms with Crippen LogP contribution >= 0.6 is 15.9 Å². The Hall–Kier alpha value is -2.61. The highest BCUT2D eigenvalue weighted by Crippen LogP contribution is 2.36. The molecule has 7 nitrogen and oxygen atoms in total. The first kappa shape index (κ1) is 17.7. The molecule has 2 aromatic carbocycles. The standard InChI is InChI=1S/C16H16BrN3O4/c1-3-24-16-14(17)8-11(9-15(16)23-2)10-18-19-12-4-6-13(7-5-12)20(21)22/h4-10,19H,3H2,1-2H3/b18-10-. The first-order valence-corrected chi connectivity index (χ1v) is 7.88. The number of methoxy groups -OCH3 is 1. The fourth-order valence-electron chi connectivity index (χ4n) is 1.94. The fourth-order valence-corrected chi connectivity index (χ4v) is 2.51. The maximum Gasteiger partial charge on any atom is 0.269 e. The van der Waals surface area contributed by atoms with Crippen molar-refractivity contribution < 1.29 is 14.4 Å². The zero-order valence-corrected chi connectivity index (χ0v) is 14.7. The van der Waals surface area contributed by atoms with Gasteiger partial charge in [-0.15, -0.1) is 0 Å². The van der Waals surface area contributed by atoms with Crippen LogP contribution in [0.5, 0.6) is 11.5 Å². The van der Waals surface area contributed by atoms with E-state index in [4.69, 9.17) is 9.47 Å². The maximum absolute atomic E-state index is 10.6. The van der Waals surface area contributed by atoms with E-state index in [1.54, 1.807) is 31.5 Å². The minimum absolute atomic E-state index is 0.0321. The summed E-state index contributed by atoms with van der Waals surface area (Å²) in [5.41, 5.74) is 4.30. The van der Waals surface area contributed by atoms with Gasteiger partial charge in [0.05, 0.1) is 35.0 Å². The number of anilines is 1. The highest BCUT2D eigenvalue weighted by Gasteiger charge is 2.10. The summed E-state index contributed by atoms with van der Waals surface area (Å²) in [6.07, 6.45) is 1.62. The predicted molar refractivity (Wildman–Crippen MR) is 96.2 cm³/mol. The third-order valence-electron chi connectivity index (χ3n) is 3.03. The van der Waals surface area contributed by atoms with Crippen molar-refractivity contribution in [3.05, 3.63) is 56.5 Å². The Bertz CT molecular complexity index is 748. The Balaban J connectivity index is 2.11. The lowest BCUT2D eigenvalue weighted by atomic mass is 10.2. The van der Waals surface area contributed by atoms with Gasteiger partial charge in [-0.05, 0) is 52.7 Å². The molecule has 0 bridgehead atoms. The SMILES string of the molecule is CCOc1c(Br)cc(/C=N\Nc2ccc([N+](=O)[O-])cc2)cc1OC. The molecule has 24 heavy (non-hydrogen) atoms. The number of non-ortho nitro benzene ring substituents is 1. The monoisotopic (exact) mass is 393 g/mol. The molecule has 0 fully saturated rings. The fraction of sp³-hybridized carbons (Fsp3) is 0.188. The van der Waals surface area contributed by atoms with Gasteiger partial charge in [-0.2, -0.15) is 5.10 Å². The third-order valence-corrected chi connectivity index (χ3v) is 3.61. The number of hydrogen-bond donors (Lipinski definition) is 1. The van der Waals surface area contributed by atoms with Crippen molar-refractivity contribution in [2.24, 2.45) is 5.10 Å². The summed E-state index contributed by atoms with van der Waals surface area (Å²) in [6, 6.07) is 9.66. The predicted octanol–water partition coefficient (Wildman–Crippen LogP) is 4.21. The first-order chi connectivity index (χ1) is 11.5. The molecule has 2 rings (SSSR count). The van der Waals surface area contributed by atoms with Crippen LogP contribution in [0.3, 0.4) is 0 Å². The van der Waals surface area contributed by atoms with Crippen molar-refractivity contribution in [1.82, 2.24) is 0 Å². The average Bonchev–Trinajstić information content (AvgIpc) is 2.57. The first-order valence-electron chi connectivity index (χ1n) is 7.09. The highest BCUT2D eigenvalue weighted by atomic mass is 79.9. The van der Waals surface area contributed by atoms with Gasteiger partial charge in [0.2, 0.25) is 0 Å². The molecule has 0 radical (unpaired) electrons. The van der Waals surface area contributed by atoms with Crippen molar-refractivity contribution in [1.29, 1.82) is 0 Å². The van der Waals surface area contributed by atoms with Gasteiger partial charge in [0.1, 0.15) is 0 Å². The zero-order chi connectivity index (χ0) is 17.5. The number of halogens is 1. The number of hydrazone groups is 1. The molecule has 1 N–H and O–H groups in total. The number of nitrogens with zero attached hydrogens (tertiary/aromatic N) is 2. The van der Waals surface area contributed by atoms with Crippen molar-refractivity contribution in [2.75, 3.05) is 19.1 Å². The van der Waals surface area contributed by atoms with Crippen LogP contribution < -0.4 is 14.9 Å². The molecule has 126 valence electrons. The van der Waals surface area contributed by atoms with Crippen LogP contribution in [-0.2, 0) is 0 Å². The number of nitrogens with one attached hydrogen (secondary N) is 1. The van der Waals surface area contributed by atoms with Crippen LogP contribution in [0.4, 0.5) is 11.4 Å². The lowest BCUT2D eigenvalue weighted by Crippen LogP contribution is -1.98. The second-order valence-electron chi connectivity index (χ2n) is 4.64. The molecule has 0 amide bonds. The molecule has 0 heterocycles. The van der Waals surface area contributed by atoms with Gasteiger partial charge in [-0.1, -0.05) is 0 Å². The van der Waals surface area contributed by atoms with Crippen molar-refractivity contribution in [2.45, 2.75) is 6.92 Å². The highest BCUT2D eigenvalue weighted by molar-refractivity contribution is 9.10. The molecular weight excluding hydrogens is 378 g/mol. The van der Waals surface area contributed by atoms with E-state index in [0.717, 1.165) is 10.0 Å². The van der Waals surface area contributed by atoms with E-state index in [1.165, 1.54) is 12.1 Å². The van der Waals surface area contributed by atoms with Crippen LogP contribution in [0.15, 0.2) is 46.0 Å². The molecular formula is C16H16BrN3O4. The molecule has 0 saturated carbocycles. The maximum atomic E-state index is 10.6. The summed E-state index contributed by atoms with van der Waals surface area (Å²) < 4.78 is 11.6. The minimum atomic E-state index is -0.448. The van der Waals surface area contributed by atoms with Gasteiger partial charge in [0.15, 0.2) is 11.5 Å². The van der Waals surface area contributed by atoms with Gasteiger partial charge in [-0.25, -0.2) is 0 Å². The van der Waals surface area contributed by atoms with Crippen LogP contribution in [-0.4, -0.2) is 24.9 Å². The Kier molecular flexibility index (Phi) is 6.14. The van der Waals surface area contributed by atoms with Crippen molar-refractivity contribution >= 4 is 33.5 Å². The smallest absolute Gasteiger partial charge is 0.269 e. The second-order valence-corrected chi connectivity index (χ2v) is 5.50. The molecule has 0 aliphatic rings.